The molecule has 1 heterocycles. The van der Waals surface area contributed by atoms with Crippen LogP contribution in [0.1, 0.15) is 31.5 Å². The van der Waals surface area contributed by atoms with E-state index in [1.807, 2.05) is 18.7 Å². The monoisotopic (exact) mass is 211 g/mol. The van der Waals surface area contributed by atoms with Crippen molar-refractivity contribution >= 4 is 5.95 Å². The number of unbranched alkanes of at least 4 members (excludes halogenated alkanes) is 3. The van der Waals surface area contributed by atoms with Crippen molar-refractivity contribution in [1.29, 1.82) is 0 Å². The highest BCUT2D eigenvalue weighted by Gasteiger charge is 2.05. The first kappa shape index (κ1) is 12.0. The molecule has 0 aliphatic rings. The van der Waals surface area contributed by atoms with E-state index in [2.05, 4.69) is 15.5 Å². The number of hydrogen-bond donors (Lipinski definition) is 2. The molecule has 3 N–H and O–H groups in total. The summed E-state index contributed by atoms with van der Waals surface area (Å²) in [7, 11) is 3.84. The summed E-state index contributed by atoms with van der Waals surface area (Å²) in [5, 5.41) is 11.2. The van der Waals surface area contributed by atoms with Gasteiger partial charge in [0, 0.05) is 20.5 Å². The number of nitrogens with one attached hydrogen (secondary N) is 1. The van der Waals surface area contributed by atoms with E-state index in [0.717, 1.165) is 37.6 Å². The van der Waals surface area contributed by atoms with Gasteiger partial charge in [-0.1, -0.05) is 12.8 Å². The lowest BCUT2D eigenvalue weighted by Gasteiger charge is -2.02. The first-order chi connectivity index (χ1) is 7.29. The van der Waals surface area contributed by atoms with Crippen LogP contribution in [-0.4, -0.2) is 28.4 Å². The number of anilines is 1. The van der Waals surface area contributed by atoms with E-state index in [0.29, 0.717) is 0 Å². The van der Waals surface area contributed by atoms with Crippen molar-refractivity contribution in [2.45, 2.75) is 32.1 Å². The second kappa shape index (κ2) is 6.40. The molecule has 0 spiro atoms. The highest BCUT2D eigenvalue weighted by molar-refractivity contribution is 5.23. The van der Waals surface area contributed by atoms with Gasteiger partial charge < -0.3 is 15.6 Å². The van der Waals surface area contributed by atoms with E-state index >= 15 is 0 Å². The minimum Gasteiger partial charge on any atom is -0.357 e. The molecule has 0 saturated heterocycles. The van der Waals surface area contributed by atoms with Crippen LogP contribution in [0.3, 0.4) is 0 Å². The molecule has 1 aromatic heterocycles. The van der Waals surface area contributed by atoms with Crippen LogP contribution in [-0.2, 0) is 13.5 Å². The Kier molecular flexibility index (Phi) is 5.10. The van der Waals surface area contributed by atoms with Crippen LogP contribution in [0.2, 0.25) is 0 Å². The maximum Gasteiger partial charge on any atom is 0.224 e. The molecule has 5 heteroatoms. The number of hydrogen-bond acceptors (Lipinski definition) is 4. The summed E-state index contributed by atoms with van der Waals surface area (Å²) in [5.74, 6) is 1.87. The predicted molar refractivity (Wildman–Crippen MR) is 61.8 cm³/mol. The Morgan fingerprint density at radius 2 is 1.93 bits per heavy atom. The van der Waals surface area contributed by atoms with Gasteiger partial charge in [0.2, 0.25) is 5.95 Å². The molecule has 0 unspecified atom stereocenters. The van der Waals surface area contributed by atoms with Crippen LogP contribution >= 0.6 is 0 Å². The van der Waals surface area contributed by atoms with Crippen molar-refractivity contribution in [3.8, 4) is 0 Å². The van der Waals surface area contributed by atoms with Crippen molar-refractivity contribution in [2.24, 2.45) is 12.8 Å². The Labute approximate surface area is 91.1 Å². The standard InChI is InChI=1S/C10H21N5/c1-12-10-14-13-9(15(10)2)7-5-3-4-6-8-11/h3-8,11H2,1-2H3,(H,12,14). The van der Waals surface area contributed by atoms with Gasteiger partial charge in [-0.3, -0.25) is 0 Å². The normalized spacial score (nSPS) is 10.6. The molecule has 0 aromatic carbocycles. The van der Waals surface area contributed by atoms with Crippen LogP contribution in [0.4, 0.5) is 5.95 Å². The first-order valence-electron chi connectivity index (χ1n) is 5.55. The van der Waals surface area contributed by atoms with Gasteiger partial charge in [-0.2, -0.15) is 0 Å². The van der Waals surface area contributed by atoms with E-state index in [9.17, 15) is 0 Å². The molecule has 0 saturated carbocycles. The molecular formula is C10H21N5. The van der Waals surface area contributed by atoms with Gasteiger partial charge in [0.15, 0.2) is 0 Å². The zero-order valence-electron chi connectivity index (χ0n) is 9.66. The van der Waals surface area contributed by atoms with Gasteiger partial charge in [0.05, 0.1) is 0 Å². The second-order valence-corrected chi connectivity index (χ2v) is 3.70. The van der Waals surface area contributed by atoms with Crippen LogP contribution in [0.5, 0.6) is 0 Å². The minimum absolute atomic E-state index is 0.799. The molecule has 0 radical (unpaired) electrons. The molecule has 15 heavy (non-hydrogen) atoms. The third-order valence-electron chi connectivity index (χ3n) is 2.54. The maximum absolute atomic E-state index is 5.43. The summed E-state index contributed by atoms with van der Waals surface area (Å²) in [6.45, 7) is 0.799. The topological polar surface area (TPSA) is 68.8 Å². The third kappa shape index (κ3) is 3.51. The van der Waals surface area contributed by atoms with Crippen molar-refractivity contribution in [3.05, 3.63) is 5.82 Å². The lowest BCUT2D eigenvalue weighted by Crippen LogP contribution is -2.03. The summed E-state index contributed by atoms with van der Waals surface area (Å²) >= 11 is 0. The number of nitrogens with two attached hydrogens (primary N) is 1. The van der Waals surface area contributed by atoms with E-state index in [1.165, 1.54) is 12.8 Å². The molecule has 5 nitrogen and oxygen atoms in total. The predicted octanol–water partition coefficient (Wildman–Crippen LogP) is 0.918. The van der Waals surface area contributed by atoms with Crippen molar-refractivity contribution < 1.29 is 0 Å². The van der Waals surface area contributed by atoms with Crippen LogP contribution in [0, 0.1) is 0 Å². The second-order valence-electron chi connectivity index (χ2n) is 3.70. The Hall–Kier alpha value is -1.10. The fourth-order valence-electron chi connectivity index (χ4n) is 1.58. The molecule has 0 atom stereocenters. The maximum atomic E-state index is 5.43. The summed E-state index contributed by atoms with van der Waals surface area (Å²) in [6, 6.07) is 0. The largest absolute Gasteiger partial charge is 0.357 e. The van der Waals surface area contributed by atoms with E-state index in [4.69, 9.17) is 5.73 Å². The van der Waals surface area contributed by atoms with Crippen molar-refractivity contribution in [3.63, 3.8) is 0 Å². The first-order valence-corrected chi connectivity index (χ1v) is 5.55. The van der Waals surface area contributed by atoms with Crippen molar-refractivity contribution in [1.82, 2.24) is 14.8 Å². The van der Waals surface area contributed by atoms with Gasteiger partial charge in [0.25, 0.3) is 0 Å². The third-order valence-corrected chi connectivity index (χ3v) is 2.54. The van der Waals surface area contributed by atoms with E-state index in [1.54, 1.807) is 0 Å². The van der Waals surface area contributed by atoms with E-state index in [-0.39, 0.29) is 0 Å². The van der Waals surface area contributed by atoms with Crippen molar-refractivity contribution in [2.75, 3.05) is 18.9 Å². The lowest BCUT2D eigenvalue weighted by molar-refractivity contribution is 0.624. The molecule has 86 valence electrons. The van der Waals surface area contributed by atoms with Gasteiger partial charge in [-0.15, -0.1) is 10.2 Å². The van der Waals surface area contributed by atoms with E-state index < -0.39 is 0 Å². The fraction of sp³-hybridized carbons (Fsp3) is 0.800. The lowest BCUT2D eigenvalue weighted by atomic mass is 10.1. The molecule has 0 amide bonds. The SMILES string of the molecule is CNc1nnc(CCCCCCN)n1C. The molecule has 0 aliphatic heterocycles. The quantitative estimate of drug-likeness (QED) is 0.658. The molecule has 0 fully saturated rings. The molecule has 1 aromatic rings. The van der Waals surface area contributed by atoms with Crippen LogP contribution in [0.15, 0.2) is 0 Å². The number of aryl methyl sites for hydroxylation is 1. The van der Waals surface area contributed by atoms with Crippen LogP contribution < -0.4 is 11.1 Å². The van der Waals surface area contributed by atoms with Crippen LogP contribution in [0.25, 0.3) is 0 Å². The molecule has 0 aliphatic carbocycles. The molecular weight excluding hydrogens is 190 g/mol. The zero-order valence-corrected chi connectivity index (χ0v) is 9.66. The summed E-state index contributed by atoms with van der Waals surface area (Å²) in [5.41, 5.74) is 5.43. The van der Waals surface area contributed by atoms with Gasteiger partial charge in [-0.05, 0) is 19.4 Å². The molecule has 0 bridgehead atoms. The average molecular weight is 211 g/mol. The highest BCUT2D eigenvalue weighted by Crippen LogP contribution is 2.08. The Morgan fingerprint density at radius 3 is 2.53 bits per heavy atom. The van der Waals surface area contributed by atoms with Gasteiger partial charge in [-0.25, -0.2) is 0 Å². The molecule has 1 rings (SSSR count). The number of nitrogens with zero attached hydrogens (tertiary/aromatic N) is 3. The van der Waals surface area contributed by atoms with Gasteiger partial charge >= 0.3 is 0 Å². The Balaban J connectivity index is 2.28. The fourth-order valence-corrected chi connectivity index (χ4v) is 1.58. The Morgan fingerprint density at radius 1 is 1.20 bits per heavy atom. The average Bonchev–Trinajstić information content (AvgIpc) is 2.60. The smallest absolute Gasteiger partial charge is 0.224 e. The summed E-state index contributed by atoms with van der Waals surface area (Å²) < 4.78 is 2.00. The highest BCUT2D eigenvalue weighted by atomic mass is 15.3. The summed E-state index contributed by atoms with van der Waals surface area (Å²) in [6.07, 6.45) is 5.72. The Bertz CT molecular complexity index is 281. The number of rotatable bonds is 7. The minimum atomic E-state index is 0.799. The number of aromatic nitrogens is 3. The van der Waals surface area contributed by atoms with Gasteiger partial charge in [0.1, 0.15) is 5.82 Å². The zero-order chi connectivity index (χ0) is 11.1. The summed E-state index contributed by atoms with van der Waals surface area (Å²) in [4.78, 5) is 0.